The zero-order valence-electron chi connectivity index (χ0n) is 11.1. The quantitative estimate of drug-likeness (QED) is 0.540. The van der Waals surface area contributed by atoms with E-state index in [0.29, 0.717) is 5.92 Å². The van der Waals surface area contributed by atoms with Crippen LogP contribution in [0.25, 0.3) is 0 Å². The number of rotatable bonds is 6. The van der Waals surface area contributed by atoms with Crippen LogP contribution in [0.2, 0.25) is 0 Å². The van der Waals surface area contributed by atoms with Gasteiger partial charge in [0.1, 0.15) is 0 Å². The van der Waals surface area contributed by atoms with E-state index in [0.717, 1.165) is 19.5 Å². The zero-order chi connectivity index (χ0) is 11.9. The molecule has 2 nitrogen and oxygen atoms in total. The molecule has 0 radical (unpaired) electrons. The monoisotopic (exact) mass is 227 g/mol. The Morgan fingerprint density at radius 2 is 1.75 bits per heavy atom. The van der Waals surface area contributed by atoms with Gasteiger partial charge in [-0.05, 0) is 51.6 Å². The van der Waals surface area contributed by atoms with Crippen LogP contribution in [0.3, 0.4) is 0 Å². The van der Waals surface area contributed by atoms with Gasteiger partial charge in [0.05, 0.1) is 5.60 Å². The zero-order valence-corrected chi connectivity index (χ0v) is 11.1. The van der Waals surface area contributed by atoms with E-state index in [9.17, 15) is 5.11 Å². The standard InChI is InChI=1S/C14H29NO/c1-3-11-15-12-10-14(2,16)13-8-6-4-5-7-9-13/h13,15-16H,3-12H2,1-2H3. The second kappa shape index (κ2) is 7.29. The van der Waals surface area contributed by atoms with Crippen LogP contribution in [-0.4, -0.2) is 23.8 Å². The van der Waals surface area contributed by atoms with Crippen LogP contribution in [0.1, 0.15) is 65.2 Å². The van der Waals surface area contributed by atoms with Gasteiger partial charge >= 0.3 is 0 Å². The van der Waals surface area contributed by atoms with Crippen molar-refractivity contribution in [3.8, 4) is 0 Å². The van der Waals surface area contributed by atoms with Crippen molar-refractivity contribution in [3.05, 3.63) is 0 Å². The predicted molar refractivity (Wildman–Crippen MR) is 69.6 cm³/mol. The molecule has 96 valence electrons. The van der Waals surface area contributed by atoms with Crippen molar-refractivity contribution >= 4 is 0 Å². The molecule has 1 aliphatic carbocycles. The van der Waals surface area contributed by atoms with Gasteiger partial charge in [0, 0.05) is 0 Å². The maximum absolute atomic E-state index is 10.5. The lowest BCUT2D eigenvalue weighted by Crippen LogP contribution is -2.37. The summed E-state index contributed by atoms with van der Waals surface area (Å²) in [5.74, 6) is 0.526. The Labute approximate surface area is 101 Å². The summed E-state index contributed by atoms with van der Waals surface area (Å²) in [4.78, 5) is 0. The Hall–Kier alpha value is -0.0800. The fourth-order valence-electron chi connectivity index (χ4n) is 2.75. The van der Waals surface area contributed by atoms with E-state index < -0.39 is 5.60 Å². The highest BCUT2D eigenvalue weighted by Crippen LogP contribution is 2.33. The summed E-state index contributed by atoms with van der Waals surface area (Å²) in [6, 6.07) is 0. The molecule has 0 aliphatic heterocycles. The van der Waals surface area contributed by atoms with E-state index in [1.165, 1.54) is 44.9 Å². The van der Waals surface area contributed by atoms with Crippen LogP contribution >= 0.6 is 0 Å². The van der Waals surface area contributed by atoms with E-state index in [4.69, 9.17) is 0 Å². The molecular weight excluding hydrogens is 198 g/mol. The molecule has 0 saturated heterocycles. The number of hydrogen-bond acceptors (Lipinski definition) is 2. The minimum Gasteiger partial charge on any atom is -0.390 e. The molecule has 16 heavy (non-hydrogen) atoms. The van der Waals surface area contributed by atoms with Crippen LogP contribution in [0, 0.1) is 5.92 Å². The van der Waals surface area contributed by atoms with E-state index in [1.807, 2.05) is 6.92 Å². The SMILES string of the molecule is CCCNCCC(C)(O)C1CCCCCC1. The van der Waals surface area contributed by atoms with E-state index in [1.54, 1.807) is 0 Å². The van der Waals surface area contributed by atoms with Gasteiger partial charge in [0.2, 0.25) is 0 Å². The van der Waals surface area contributed by atoms with Gasteiger partial charge in [-0.1, -0.05) is 32.6 Å². The van der Waals surface area contributed by atoms with Gasteiger partial charge in [-0.3, -0.25) is 0 Å². The summed E-state index contributed by atoms with van der Waals surface area (Å²) < 4.78 is 0. The minimum absolute atomic E-state index is 0.453. The lowest BCUT2D eigenvalue weighted by atomic mass is 9.81. The Balaban J connectivity index is 2.29. The first-order valence-electron chi connectivity index (χ1n) is 7.10. The van der Waals surface area contributed by atoms with Crippen molar-refractivity contribution in [1.29, 1.82) is 0 Å². The van der Waals surface area contributed by atoms with Crippen LogP contribution in [0.15, 0.2) is 0 Å². The molecule has 0 aromatic rings. The maximum atomic E-state index is 10.5. The fraction of sp³-hybridized carbons (Fsp3) is 1.00. The van der Waals surface area contributed by atoms with Crippen LogP contribution < -0.4 is 5.32 Å². The highest BCUT2D eigenvalue weighted by atomic mass is 16.3. The van der Waals surface area contributed by atoms with Gasteiger partial charge in [0.15, 0.2) is 0 Å². The molecular formula is C14H29NO. The normalized spacial score (nSPS) is 22.7. The van der Waals surface area contributed by atoms with E-state index in [2.05, 4.69) is 12.2 Å². The first kappa shape index (κ1) is 14.0. The summed E-state index contributed by atoms with van der Waals surface area (Å²) in [5.41, 5.74) is -0.453. The molecule has 0 amide bonds. The third-order valence-electron chi connectivity index (χ3n) is 3.97. The summed E-state index contributed by atoms with van der Waals surface area (Å²) in [5, 5.41) is 13.9. The molecule has 1 aliphatic rings. The molecule has 2 N–H and O–H groups in total. The third-order valence-corrected chi connectivity index (χ3v) is 3.97. The number of aliphatic hydroxyl groups is 1. The molecule has 2 heteroatoms. The van der Waals surface area contributed by atoms with Crippen molar-refractivity contribution in [2.75, 3.05) is 13.1 Å². The van der Waals surface area contributed by atoms with Gasteiger partial charge in [-0.15, -0.1) is 0 Å². The molecule has 0 bridgehead atoms. The molecule has 0 aromatic carbocycles. The predicted octanol–water partition coefficient (Wildman–Crippen LogP) is 3.10. The molecule has 0 aromatic heterocycles. The fourth-order valence-corrected chi connectivity index (χ4v) is 2.75. The summed E-state index contributed by atoms with van der Waals surface area (Å²) in [7, 11) is 0. The van der Waals surface area contributed by atoms with Gasteiger partial charge in [-0.2, -0.15) is 0 Å². The summed E-state index contributed by atoms with van der Waals surface area (Å²) in [6.07, 6.45) is 9.86. The number of nitrogens with one attached hydrogen (secondary N) is 1. The molecule has 1 unspecified atom stereocenters. The van der Waals surface area contributed by atoms with Crippen molar-refractivity contribution in [3.63, 3.8) is 0 Å². The second-order valence-corrected chi connectivity index (χ2v) is 5.55. The molecule has 0 spiro atoms. The van der Waals surface area contributed by atoms with Crippen molar-refractivity contribution < 1.29 is 5.11 Å². The largest absolute Gasteiger partial charge is 0.390 e. The van der Waals surface area contributed by atoms with E-state index in [-0.39, 0.29) is 0 Å². The van der Waals surface area contributed by atoms with Gasteiger partial charge < -0.3 is 10.4 Å². The van der Waals surface area contributed by atoms with Crippen LogP contribution in [0.5, 0.6) is 0 Å². The van der Waals surface area contributed by atoms with Crippen molar-refractivity contribution in [1.82, 2.24) is 5.32 Å². The van der Waals surface area contributed by atoms with Crippen LogP contribution in [0.4, 0.5) is 0 Å². The first-order chi connectivity index (χ1) is 7.67. The number of hydrogen-bond donors (Lipinski definition) is 2. The van der Waals surface area contributed by atoms with Crippen molar-refractivity contribution in [2.45, 2.75) is 70.8 Å². The summed E-state index contributed by atoms with van der Waals surface area (Å²) >= 11 is 0. The van der Waals surface area contributed by atoms with Gasteiger partial charge in [0.25, 0.3) is 0 Å². The lowest BCUT2D eigenvalue weighted by molar-refractivity contribution is -0.0145. The Morgan fingerprint density at radius 1 is 1.12 bits per heavy atom. The average Bonchev–Trinajstić information content (AvgIpc) is 2.53. The maximum Gasteiger partial charge on any atom is 0.0659 e. The lowest BCUT2D eigenvalue weighted by Gasteiger charge is -2.32. The third kappa shape index (κ3) is 4.84. The van der Waals surface area contributed by atoms with Crippen LogP contribution in [-0.2, 0) is 0 Å². The highest BCUT2D eigenvalue weighted by molar-refractivity contribution is 4.84. The molecule has 1 saturated carbocycles. The van der Waals surface area contributed by atoms with E-state index >= 15 is 0 Å². The van der Waals surface area contributed by atoms with Gasteiger partial charge in [-0.25, -0.2) is 0 Å². The summed E-state index contributed by atoms with van der Waals surface area (Å²) in [6.45, 7) is 6.24. The average molecular weight is 227 g/mol. The molecule has 1 atom stereocenters. The molecule has 1 rings (SSSR count). The van der Waals surface area contributed by atoms with Crippen molar-refractivity contribution in [2.24, 2.45) is 5.92 Å². The molecule has 0 heterocycles. The topological polar surface area (TPSA) is 32.3 Å². The first-order valence-corrected chi connectivity index (χ1v) is 7.10. The Bertz CT molecular complexity index is 172. The minimum atomic E-state index is -0.453. The highest BCUT2D eigenvalue weighted by Gasteiger charge is 2.31. The smallest absolute Gasteiger partial charge is 0.0659 e. The Kier molecular flexibility index (Phi) is 6.37. The second-order valence-electron chi connectivity index (χ2n) is 5.55. The Morgan fingerprint density at radius 3 is 2.31 bits per heavy atom. The molecule has 1 fully saturated rings.